The van der Waals surface area contributed by atoms with Crippen LogP contribution in [0, 0.1) is 0 Å². The molecule has 124 valence electrons. The summed E-state index contributed by atoms with van der Waals surface area (Å²) in [6.45, 7) is 0.618. The van der Waals surface area contributed by atoms with E-state index in [0.717, 1.165) is 5.56 Å². The molecule has 0 saturated heterocycles. The van der Waals surface area contributed by atoms with E-state index in [1.165, 1.54) is 6.20 Å². The fourth-order valence-electron chi connectivity index (χ4n) is 1.97. The first-order chi connectivity index (χ1) is 11.7. The van der Waals surface area contributed by atoms with Crippen molar-refractivity contribution in [2.24, 2.45) is 0 Å². The van der Waals surface area contributed by atoms with Gasteiger partial charge in [-0.2, -0.15) is 0 Å². The summed E-state index contributed by atoms with van der Waals surface area (Å²) < 4.78 is 5.08. The maximum Gasteiger partial charge on any atom is 0.407 e. The van der Waals surface area contributed by atoms with E-state index >= 15 is 0 Å². The normalized spacial score (nSPS) is 10.5. The first kappa shape index (κ1) is 17.2. The van der Waals surface area contributed by atoms with E-state index < -0.39 is 12.1 Å². The van der Waals surface area contributed by atoms with Crippen LogP contribution in [-0.2, 0) is 11.3 Å². The van der Waals surface area contributed by atoms with Gasteiger partial charge < -0.3 is 15.2 Å². The Morgan fingerprint density at radius 2 is 1.96 bits per heavy atom. The summed E-state index contributed by atoms with van der Waals surface area (Å²) in [6.07, 6.45) is 4.95. The lowest BCUT2D eigenvalue weighted by atomic mass is 10.1. The van der Waals surface area contributed by atoms with Gasteiger partial charge in [0.1, 0.15) is 6.61 Å². The molecule has 0 fully saturated rings. The monoisotopic (exact) mass is 326 g/mol. The number of carbonyl (C=O) groups is 2. The second-order valence-electron chi connectivity index (χ2n) is 4.93. The van der Waals surface area contributed by atoms with Gasteiger partial charge in [0.05, 0.1) is 0 Å². The third kappa shape index (κ3) is 5.57. The number of amides is 1. The Morgan fingerprint density at radius 1 is 1.17 bits per heavy atom. The number of aromatic carboxylic acids is 1. The number of nitrogens with one attached hydrogen (secondary N) is 1. The second-order valence-corrected chi connectivity index (χ2v) is 4.93. The van der Waals surface area contributed by atoms with Gasteiger partial charge in [-0.05, 0) is 18.1 Å². The van der Waals surface area contributed by atoms with Gasteiger partial charge in [-0.1, -0.05) is 48.6 Å². The van der Waals surface area contributed by atoms with Crippen molar-refractivity contribution in [2.75, 3.05) is 6.54 Å². The van der Waals surface area contributed by atoms with Crippen molar-refractivity contribution in [3.63, 3.8) is 0 Å². The zero-order valence-electron chi connectivity index (χ0n) is 13.0. The molecule has 0 radical (unpaired) electrons. The predicted octanol–water partition coefficient (Wildman–Crippen LogP) is 3.11. The first-order valence-electron chi connectivity index (χ1n) is 7.46. The molecule has 6 heteroatoms. The number of benzene rings is 1. The van der Waals surface area contributed by atoms with Gasteiger partial charge in [-0.3, -0.25) is 0 Å². The number of nitrogens with zero attached hydrogens (tertiary/aromatic N) is 1. The minimum atomic E-state index is -1.07. The Morgan fingerprint density at radius 3 is 2.71 bits per heavy atom. The van der Waals surface area contributed by atoms with Crippen molar-refractivity contribution >= 4 is 18.1 Å². The maximum absolute atomic E-state index is 11.5. The third-order valence-corrected chi connectivity index (χ3v) is 3.13. The highest BCUT2D eigenvalue weighted by Gasteiger charge is 2.07. The Balaban J connectivity index is 1.71. The van der Waals surface area contributed by atoms with Gasteiger partial charge in [0, 0.05) is 18.3 Å². The molecule has 0 bridgehead atoms. The molecule has 0 aliphatic rings. The number of ether oxygens (including phenoxy) is 1. The number of carboxylic acid groups (broad SMARTS) is 1. The Hall–Kier alpha value is -3.15. The molecule has 1 heterocycles. The summed E-state index contributed by atoms with van der Waals surface area (Å²) in [7, 11) is 0. The summed E-state index contributed by atoms with van der Waals surface area (Å²) in [6, 6.07) is 12.8. The van der Waals surface area contributed by atoms with E-state index in [-0.39, 0.29) is 12.3 Å². The molecule has 1 amide bonds. The third-order valence-electron chi connectivity index (χ3n) is 3.13. The number of alkyl carbamates (subject to hydrolysis) is 1. The van der Waals surface area contributed by atoms with E-state index in [2.05, 4.69) is 10.3 Å². The van der Waals surface area contributed by atoms with Crippen LogP contribution in [-0.4, -0.2) is 28.7 Å². The molecule has 2 N–H and O–H groups in total. The van der Waals surface area contributed by atoms with Gasteiger partial charge in [-0.25, -0.2) is 14.6 Å². The van der Waals surface area contributed by atoms with Crippen molar-refractivity contribution in [1.82, 2.24) is 10.3 Å². The topological polar surface area (TPSA) is 88.5 Å². The van der Waals surface area contributed by atoms with Gasteiger partial charge >= 0.3 is 12.1 Å². The van der Waals surface area contributed by atoms with Gasteiger partial charge in [0.25, 0.3) is 0 Å². The molecule has 0 saturated carbocycles. The molecule has 2 aromatic rings. The molecule has 0 spiro atoms. The molecule has 1 aromatic carbocycles. The van der Waals surface area contributed by atoms with E-state index in [1.54, 1.807) is 24.3 Å². The molecule has 0 aliphatic heterocycles. The molecular weight excluding hydrogens is 308 g/mol. The number of pyridine rings is 1. The van der Waals surface area contributed by atoms with Crippen LogP contribution in [0.2, 0.25) is 0 Å². The highest BCUT2D eigenvalue weighted by Crippen LogP contribution is 2.08. The minimum absolute atomic E-state index is 0.00369. The summed E-state index contributed by atoms with van der Waals surface area (Å²) in [5.74, 6) is -1.07. The van der Waals surface area contributed by atoms with E-state index in [9.17, 15) is 9.59 Å². The van der Waals surface area contributed by atoms with Crippen molar-refractivity contribution in [1.29, 1.82) is 0 Å². The van der Waals surface area contributed by atoms with Crippen LogP contribution >= 0.6 is 0 Å². The van der Waals surface area contributed by atoms with Gasteiger partial charge in [0.15, 0.2) is 5.69 Å². The number of aromatic nitrogens is 1. The van der Waals surface area contributed by atoms with E-state index in [4.69, 9.17) is 9.84 Å². The molecule has 6 nitrogen and oxygen atoms in total. The number of carbonyl (C=O) groups excluding carboxylic acids is 1. The number of rotatable bonds is 7. The van der Waals surface area contributed by atoms with Crippen LogP contribution in [0.5, 0.6) is 0 Å². The lowest BCUT2D eigenvalue weighted by Gasteiger charge is -2.06. The smallest absolute Gasteiger partial charge is 0.407 e. The first-order valence-corrected chi connectivity index (χ1v) is 7.46. The second kappa shape index (κ2) is 9.09. The van der Waals surface area contributed by atoms with E-state index in [1.807, 2.05) is 30.3 Å². The fraction of sp³-hybridized carbons (Fsp3) is 0.167. The minimum Gasteiger partial charge on any atom is -0.476 e. The van der Waals surface area contributed by atoms with Crippen molar-refractivity contribution in [2.45, 2.75) is 13.0 Å². The standard InChI is InChI=1S/C18H18N2O4/c21-17(22)16-15(10-6-12-19-16)9-4-5-11-20-18(23)24-13-14-7-2-1-3-8-14/h1-4,6-10,12H,5,11,13H2,(H,20,23)(H,21,22). The van der Waals surface area contributed by atoms with Crippen molar-refractivity contribution in [3.8, 4) is 0 Å². The van der Waals surface area contributed by atoms with Crippen LogP contribution in [0.15, 0.2) is 54.7 Å². The van der Waals surface area contributed by atoms with Crippen LogP contribution in [0.25, 0.3) is 6.08 Å². The maximum atomic E-state index is 11.5. The van der Waals surface area contributed by atoms with Gasteiger partial charge in [-0.15, -0.1) is 0 Å². The average molecular weight is 326 g/mol. The van der Waals surface area contributed by atoms with Gasteiger partial charge in [0.2, 0.25) is 0 Å². The molecule has 24 heavy (non-hydrogen) atoms. The molecular formula is C18H18N2O4. The highest BCUT2D eigenvalue weighted by molar-refractivity contribution is 5.89. The largest absolute Gasteiger partial charge is 0.476 e. The number of hydrogen-bond donors (Lipinski definition) is 2. The Bertz CT molecular complexity index is 714. The zero-order chi connectivity index (χ0) is 17.2. The van der Waals surface area contributed by atoms with Crippen molar-refractivity contribution < 1.29 is 19.4 Å². The lowest BCUT2D eigenvalue weighted by molar-refractivity contribution is 0.0690. The molecule has 1 aromatic heterocycles. The summed E-state index contributed by atoms with van der Waals surface area (Å²) in [5, 5.41) is 11.7. The van der Waals surface area contributed by atoms with Crippen molar-refractivity contribution in [3.05, 3.63) is 71.6 Å². The lowest BCUT2D eigenvalue weighted by Crippen LogP contribution is -2.24. The molecule has 0 unspecified atom stereocenters. The molecule has 0 aliphatic carbocycles. The Labute approximate surface area is 139 Å². The highest BCUT2D eigenvalue weighted by atomic mass is 16.5. The van der Waals surface area contributed by atoms with Crippen LogP contribution in [0.4, 0.5) is 4.79 Å². The SMILES string of the molecule is O=C(NCCC=Cc1cccnc1C(=O)O)OCc1ccccc1. The van der Waals surface area contributed by atoms with Crippen LogP contribution < -0.4 is 5.32 Å². The zero-order valence-corrected chi connectivity index (χ0v) is 13.0. The quantitative estimate of drug-likeness (QED) is 0.763. The molecule has 0 atom stereocenters. The number of carboxylic acids is 1. The van der Waals surface area contributed by atoms with Crippen LogP contribution in [0.1, 0.15) is 28.0 Å². The molecule has 2 rings (SSSR count). The predicted molar refractivity (Wildman–Crippen MR) is 89.5 cm³/mol. The summed E-state index contributed by atoms with van der Waals surface area (Å²) >= 11 is 0. The number of hydrogen-bond acceptors (Lipinski definition) is 4. The van der Waals surface area contributed by atoms with E-state index in [0.29, 0.717) is 18.5 Å². The summed E-state index contributed by atoms with van der Waals surface area (Å²) in [4.78, 5) is 26.4. The van der Waals surface area contributed by atoms with Crippen LogP contribution in [0.3, 0.4) is 0 Å². The fourth-order valence-corrected chi connectivity index (χ4v) is 1.97. The summed E-state index contributed by atoms with van der Waals surface area (Å²) in [5.41, 5.74) is 1.45. The Kier molecular flexibility index (Phi) is 6.52. The average Bonchev–Trinajstić information content (AvgIpc) is 2.61.